The number of carbonyl (C=O) groups is 1. The summed E-state index contributed by atoms with van der Waals surface area (Å²) in [5.41, 5.74) is 0.950. The molecule has 1 atom stereocenters. The molecule has 5 heteroatoms. The Bertz CT molecular complexity index is 775. The third-order valence-corrected chi connectivity index (χ3v) is 8.46. The zero-order chi connectivity index (χ0) is 22.2. The molecule has 4 aliphatic rings. The number of hydrogen-bond donors (Lipinski definition) is 0. The Morgan fingerprint density at radius 2 is 1.69 bits per heavy atom. The Kier molecular flexibility index (Phi) is 6.34. The van der Waals surface area contributed by atoms with Crippen LogP contribution in [-0.2, 0) is 14.9 Å². The molecule has 0 aromatic heterocycles. The van der Waals surface area contributed by atoms with Crippen LogP contribution in [0.15, 0.2) is 30.3 Å². The van der Waals surface area contributed by atoms with Gasteiger partial charge in [0.1, 0.15) is 0 Å². The molecule has 3 aliphatic heterocycles. The van der Waals surface area contributed by atoms with Crippen LogP contribution in [-0.4, -0.2) is 84.7 Å². The van der Waals surface area contributed by atoms with Crippen molar-refractivity contribution in [2.24, 2.45) is 5.92 Å². The monoisotopic (exact) mass is 439 g/mol. The highest BCUT2D eigenvalue weighted by molar-refractivity contribution is 5.91. The van der Waals surface area contributed by atoms with Crippen molar-refractivity contribution in [2.45, 2.75) is 69.4 Å². The summed E-state index contributed by atoms with van der Waals surface area (Å²) in [6.45, 7) is 13.2. The number of carbonyl (C=O) groups excluding carboxylic acids is 1. The highest BCUT2D eigenvalue weighted by atomic mass is 16.5. The molecule has 1 aromatic rings. The number of hydrogen-bond acceptors (Lipinski definition) is 4. The number of likely N-dealkylation sites (tertiary alicyclic amines) is 1. The second kappa shape index (κ2) is 9.08. The smallest absolute Gasteiger partial charge is 0.233 e. The lowest BCUT2D eigenvalue weighted by molar-refractivity contribution is -0.152. The largest absolute Gasteiger partial charge is 0.375 e. The highest BCUT2D eigenvalue weighted by Crippen LogP contribution is 2.50. The number of piperazine rings is 1. The van der Waals surface area contributed by atoms with Gasteiger partial charge in [-0.2, -0.15) is 0 Å². The summed E-state index contributed by atoms with van der Waals surface area (Å²) in [5, 5.41) is 0. The number of ether oxygens (including phenoxy) is 1. The minimum Gasteiger partial charge on any atom is -0.375 e. The van der Waals surface area contributed by atoms with Crippen LogP contribution in [0.25, 0.3) is 0 Å². The van der Waals surface area contributed by atoms with E-state index in [1.54, 1.807) is 0 Å². The zero-order valence-corrected chi connectivity index (χ0v) is 20.1. The highest BCUT2D eigenvalue weighted by Gasteiger charge is 2.54. The van der Waals surface area contributed by atoms with Crippen molar-refractivity contribution in [1.82, 2.24) is 14.7 Å². The maximum absolute atomic E-state index is 13.4. The lowest BCUT2D eigenvalue weighted by atomic mass is 9.81. The summed E-state index contributed by atoms with van der Waals surface area (Å²) in [4.78, 5) is 20.9. The van der Waals surface area contributed by atoms with Crippen LogP contribution in [0.1, 0.15) is 57.9 Å². The van der Waals surface area contributed by atoms with Crippen LogP contribution in [0.2, 0.25) is 0 Å². The number of amides is 1. The van der Waals surface area contributed by atoms with E-state index < -0.39 is 0 Å². The molecule has 1 spiro atoms. The predicted octanol–water partition coefficient (Wildman–Crippen LogP) is 3.53. The molecule has 32 heavy (non-hydrogen) atoms. The average molecular weight is 440 g/mol. The van der Waals surface area contributed by atoms with Gasteiger partial charge in [-0.1, -0.05) is 44.2 Å². The quantitative estimate of drug-likeness (QED) is 0.703. The van der Waals surface area contributed by atoms with Crippen molar-refractivity contribution in [3.63, 3.8) is 0 Å². The molecule has 0 unspecified atom stereocenters. The van der Waals surface area contributed by atoms with Gasteiger partial charge in [-0.05, 0) is 50.0 Å². The lowest BCUT2D eigenvalue weighted by Gasteiger charge is -2.50. The topological polar surface area (TPSA) is 36.0 Å². The van der Waals surface area contributed by atoms with E-state index in [0.29, 0.717) is 11.9 Å². The summed E-state index contributed by atoms with van der Waals surface area (Å²) in [6, 6.07) is 11.1. The van der Waals surface area contributed by atoms with Gasteiger partial charge in [0.05, 0.1) is 11.0 Å². The van der Waals surface area contributed by atoms with Crippen molar-refractivity contribution in [3.05, 3.63) is 35.9 Å². The van der Waals surface area contributed by atoms with E-state index in [4.69, 9.17) is 4.74 Å². The molecule has 1 saturated carbocycles. The SMILES string of the molecule is CC(C)CN1CCN([C@@H]2CCOC3(CCN(C(=O)C4(c5ccccc5)CC4)CC3)C2)CC1. The molecule has 5 nitrogen and oxygen atoms in total. The molecule has 0 bridgehead atoms. The molecule has 1 aromatic carbocycles. The van der Waals surface area contributed by atoms with Crippen molar-refractivity contribution in [2.75, 3.05) is 52.4 Å². The van der Waals surface area contributed by atoms with Gasteiger partial charge in [-0.15, -0.1) is 0 Å². The van der Waals surface area contributed by atoms with Crippen molar-refractivity contribution in [3.8, 4) is 0 Å². The van der Waals surface area contributed by atoms with Gasteiger partial charge in [0.25, 0.3) is 0 Å². The average Bonchev–Trinajstić information content (AvgIpc) is 3.62. The standard InChI is InChI=1S/C27H41N3O2/c1-22(2)21-28-15-17-29(18-16-28)24-8-19-32-26(20-24)11-13-30(14-12-26)25(31)27(9-10-27)23-6-4-3-5-7-23/h3-7,22,24H,8-21H2,1-2H3/t24-/m1/s1. The molecule has 0 radical (unpaired) electrons. The Morgan fingerprint density at radius 1 is 1.00 bits per heavy atom. The van der Waals surface area contributed by atoms with Gasteiger partial charge < -0.3 is 14.5 Å². The van der Waals surface area contributed by atoms with E-state index >= 15 is 0 Å². The van der Waals surface area contributed by atoms with E-state index in [2.05, 4.69) is 52.8 Å². The van der Waals surface area contributed by atoms with Crippen LogP contribution >= 0.6 is 0 Å². The van der Waals surface area contributed by atoms with Gasteiger partial charge in [-0.3, -0.25) is 9.69 Å². The van der Waals surface area contributed by atoms with Crippen molar-refractivity contribution >= 4 is 5.91 Å². The number of rotatable bonds is 5. The second-order valence-electron chi connectivity index (χ2n) is 11.1. The third kappa shape index (κ3) is 4.49. The third-order valence-electron chi connectivity index (χ3n) is 8.46. The minimum absolute atomic E-state index is 0.0157. The summed E-state index contributed by atoms with van der Waals surface area (Å²) in [7, 11) is 0. The molecule has 4 fully saturated rings. The van der Waals surface area contributed by atoms with E-state index in [9.17, 15) is 4.79 Å². The minimum atomic E-state index is -0.239. The molecule has 1 amide bonds. The molecule has 5 rings (SSSR count). The maximum Gasteiger partial charge on any atom is 0.233 e. The van der Waals surface area contributed by atoms with Crippen LogP contribution in [0.3, 0.4) is 0 Å². The predicted molar refractivity (Wildman–Crippen MR) is 128 cm³/mol. The van der Waals surface area contributed by atoms with Gasteiger partial charge in [0, 0.05) is 58.5 Å². The maximum atomic E-state index is 13.4. The fourth-order valence-corrected chi connectivity index (χ4v) is 6.42. The number of nitrogens with zero attached hydrogens (tertiary/aromatic N) is 3. The Balaban J connectivity index is 1.16. The summed E-state index contributed by atoms with van der Waals surface area (Å²) >= 11 is 0. The Hall–Kier alpha value is -1.43. The molecular formula is C27H41N3O2. The molecule has 1 aliphatic carbocycles. The molecule has 3 saturated heterocycles. The van der Waals surface area contributed by atoms with E-state index in [0.717, 1.165) is 64.1 Å². The number of benzene rings is 1. The van der Waals surface area contributed by atoms with Gasteiger partial charge >= 0.3 is 0 Å². The zero-order valence-electron chi connectivity index (χ0n) is 20.1. The van der Waals surface area contributed by atoms with Crippen LogP contribution in [0, 0.1) is 5.92 Å². The lowest BCUT2D eigenvalue weighted by Crippen LogP contribution is -2.58. The first-order valence-corrected chi connectivity index (χ1v) is 13.0. The molecular weight excluding hydrogens is 398 g/mol. The van der Waals surface area contributed by atoms with Crippen LogP contribution in [0.5, 0.6) is 0 Å². The summed E-state index contributed by atoms with van der Waals surface area (Å²) in [6.07, 6.45) is 6.29. The van der Waals surface area contributed by atoms with Crippen molar-refractivity contribution in [1.29, 1.82) is 0 Å². The second-order valence-corrected chi connectivity index (χ2v) is 11.1. The number of piperidine rings is 1. The normalized spacial score (nSPS) is 28.2. The van der Waals surface area contributed by atoms with Gasteiger partial charge in [-0.25, -0.2) is 0 Å². The van der Waals surface area contributed by atoms with Gasteiger partial charge in [0.15, 0.2) is 0 Å². The first kappa shape index (κ1) is 22.4. The van der Waals surface area contributed by atoms with Crippen molar-refractivity contribution < 1.29 is 9.53 Å². The molecule has 3 heterocycles. The van der Waals surface area contributed by atoms with E-state index in [-0.39, 0.29) is 11.0 Å². The van der Waals surface area contributed by atoms with Crippen LogP contribution in [0.4, 0.5) is 0 Å². The first-order chi connectivity index (χ1) is 15.5. The Morgan fingerprint density at radius 3 is 2.31 bits per heavy atom. The van der Waals surface area contributed by atoms with Crippen LogP contribution < -0.4 is 0 Å². The Labute approximate surface area is 194 Å². The van der Waals surface area contributed by atoms with E-state index in [1.165, 1.54) is 38.3 Å². The summed E-state index contributed by atoms with van der Waals surface area (Å²) < 4.78 is 6.44. The van der Waals surface area contributed by atoms with E-state index in [1.807, 2.05) is 6.07 Å². The fourth-order valence-electron chi connectivity index (χ4n) is 6.42. The molecule has 0 N–H and O–H groups in total. The summed E-state index contributed by atoms with van der Waals surface area (Å²) in [5.74, 6) is 1.10. The fraction of sp³-hybridized carbons (Fsp3) is 0.741. The van der Waals surface area contributed by atoms with Gasteiger partial charge in [0.2, 0.25) is 5.91 Å². The first-order valence-electron chi connectivity index (χ1n) is 13.0. The molecule has 176 valence electrons.